The number of amides is 1. The summed E-state index contributed by atoms with van der Waals surface area (Å²) < 4.78 is 0.0890. The maximum atomic E-state index is 11.3. The van der Waals surface area contributed by atoms with Crippen LogP contribution in [0.2, 0.25) is 5.02 Å². The van der Waals surface area contributed by atoms with Gasteiger partial charge in [0.1, 0.15) is 6.07 Å². The largest absolute Gasteiger partial charge is 0.466 e. The summed E-state index contributed by atoms with van der Waals surface area (Å²) in [5.74, 6) is -0.756. The van der Waals surface area contributed by atoms with E-state index in [4.69, 9.17) is 16.9 Å². The van der Waals surface area contributed by atoms with Crippen LogP contribution in [0.25, 0.3) is 0 Å². The fraction of sp³-hybridized carbons (Fsp3) is 0.111. The molecule has 0 radical (unpaired) electrons. The number of nitrogens with zero attached hydrogens (tertiary/aromatic N) is 2. The molecule has 5 heteroatoms. The standard InChI is InChI=1S/C9H6ClN2O2/c10-8-3-1-2-7(6-8)9(13)12(14)5-4-11/h1-3,6H,5H2/q+1. The smallest absolute Gasteiger partial charge is 0.209 e. The number of halogens is 1. The van der Waals surface area contributed by atoms with Crippen LogP contribution >= 0.6 is 11.6 Å². The van der Waals surface area contributed by atoms with Gasteiger partial charge in [-0.2, -0.15) is 5.26 Å². The van der Waals surface area contributed by atoms with E-state index in [1.807, 2.05) is 0 Å². The molecule has 14 heavy (non-hydrogen) atoms. The molecule has 0 spiro atoms. The maximum absolute atomic E-state index is 11.3. The Hall–Kier alpha value is -1.73. The number of nitriles is 1. The highest BCUT2D eigenvalue weighted by molar-refractivity contribution is 6.30. The summed E-state index contributed by atoms with van der Waals surface area (Å²) in [5.41, 5.74) is 0.183. The van der Waals surface area contributed by atoms with E-state index in [0.717, 1.165) is 0 Å². The first-order valence-corrected chi connectivity index (χ1v) is 4.14. The molecular formula is C9H6ClN2O2+. The normalized spacial score (nSPS) is 9.14. The molecule has 0 heterocycles. The molecular weight excluding hydrogens is 204 g/mol. The van der Waals surface area contributed by atoms with Crippen molar-refractivity contribution in [2.24, 2.45) is 0 Å². The van der Waals surface area contributed by atoms with Gasteiger partial charge in [-0.3, -0.25) is 0 Å². The minimum absolute atomic E-state index is 0.0890. The Bertz CT molecular complexity index is 423. The third kappa shape index (κ3) is 2.38. The highest BCUT2D eigenvalue weighted by Crippen LogP contribution is 2.11. The van der Waals surface area contributed by atoms with E-state index >= 15 is 0 Å². The average Bonchev–Trinajstić information content (AvgIpc) is 2.17. The molecule has 0 saturated heterocycles. The third-order valence-electron chi connectivity index (χ3n) is 1.51. The molecule has 0 aromatic heterocycles. The predicted molar refractivity (Wildman–Crippen MR) is 49.9 cm³/mol. The minimum atomic E-state index is -0.756. The van der Waals surface area contributed by atoms with Gasteiger partial charge in [-0.15, -0.1) is 0 Å². The van der Waals surface area contributed by atoms with Gasteiger partial charge in [0.25, 0.3) is 6.54 Å². The summed E-state index contributed by atoms with van der Waals surface area (Å²) in [4.78, 5) is 22.2. The second-order valence-electron chi connectivity index (χ2n) is 2.51. The highest BCUT2D eigenvalue weighted by Gasteiger charge is 2.23. The first-order chi connectivity index (χ1) is 6.65. The Kier molecular flexibility index (Phi) is 3.32. The van der Waals surface area contributed by atoms with Crippen LogP contribution in [0.4, 0.5) is 0 Å². The number of hydrogen-bond acceptors (Lipinski definition) is 3. The van der Waals surface area contributed by atoms with Gasteiger partial charge in [0.05, 0.1) is 10.3 Å². The summed E-state index contributed by atoms with van der Waals surface area (Å²) in [5, 5.41) is 8.59. The number of rotatable bonds is 2. The zero-order chi connectivity index (χ0) is 10.6. The highest BCUT2D eigenvalue weighted by atomic mass is 35.5. The average molecular weight is 210 g/mol. The van der Waals surface area contributed by atoms with Gasteiger partial charge in [-0.1, -0.05) is 17.7 Å². The fourth-order valence-corrected chi connectivity index (χ4v) is 1.09. The van der Waals surface area contributed by atoms with Crippen molar-refractivity contribution >= 4 is 17.5 Å². The number of carbonyl (C=O) groups excluding carboxylic acids is 1. The van der Waals surface area contributed by atoms with Crippen LogP contribution in [0.15, 0.2) is 24.3 Å². The van der Waals surface area contributed by atoms with Crippen molar-refractivity contribution in [3.63, 3.8) is 0 Å². The van der Waals surface area contributed by atoms with Crippen LogP contribution in [0.5, 0.6) is 0 Å². The van der Waals surface area contributed by atoms with Crippen molar-refractivity contribution < 1.29 is 9.55 Å². The van der Waals surface area contributed by atoms with Crippen LogP contribution in [0.3, 0.4) is 0 Å². The van der Waals surface area contributed by atoms with Crippen LogP contribution < -0.4 is 0 Å². The zero-order valence-corrected chi connectivity index (χ0v) is 7.86. The van der Waals surface area contributed by atoms with E-state index in [2.05, 4.69) is 0 Å². The van der Waals surface area contributed by atoms with E-state index in [1.54, 1.807) is 18.2 Å². The van der Waals surface area contributed by atoms with Crippen molar-refractivity contribution in [3.05, 3.63) is 39.8 Å². The van der Waals surface area contributed by atoms with Gasteiger partial charge in [0.2, 0.25) is 0 Å². The number of nitroso groups, excluding NO2 is 1. The Morgan fingerprint density at radius 2 is 2.29 bits per heavy atom. The fourth-order valence-electron chi connectivity index (χ4n) is 0.902. The molecule has 1 amide bonds. The van der Waals surface area contributed by atoms with Crippen LogP contribution in [0.1, 0.15) is 10.4 Å². The molecule has 0 N–H and O–H groups in total. The lowest BCUT2D eigenvalue weighted by Gasteiger charge is -1.91. The Morgan fingerprint density at radius 1 is 1.57 bits per heavy atom. The number of benzene rings is 1. The molecule has 0 fully saturated rings. The van der Waals surface area contributed by atoms with Gasteiger partial charge in [0, 0.05) is 9.93 Å². The van der Waals surface area contributed by atoms with Gasteiger partial charge in [0.15, 0.2) is 0 Å². The molecule has 0 bridgehead atoms. The Balaban J connectivity index is 2.91. The molecule has 1 aromatic carbocycles. The van der Waals surface area contributed by atoms with E-state index < -0.39 is 12.5 Å². The Morgan fingerprint density at radius 3 is 2.86 bits per heavy atom. The lowest BCUT2D eigenvalue weighted by molar-refractivity contribution is -0.436. The third-order valence-corrected chi connectivity index (χ3v) is 1.75. The molecule has 1 rings (SSSR count). The minimum Gasteiger partial charge on any atom is -0.209 e. The second-order valence-corrected chi connectivity index (χ2v) is 2.95. The SMILES string of the molecule is N#CC[N+](=O)C(=O)c1cccc(Cl)c1. The topological polar surface area (TPSA) is 60.9 Å². The summed E-state index contributed by atoms with van der Waals surface area (Å²) in [7, 11) is 0. The molecule has 0 aliphatic heterocycles. The summed E-state index contributed by atoms with van der Waals surface area (Å²) in [6, 6.07) is 7.60. The van der Waals surface area contributed by atoms with E-state index in [9.17, 15) is 9.70 Å². The van der Waals surface area contributed by atoms with Crippen molar-refractivity contribution in [2.45, 2.75) is 0 Å². The second kappa shape index (κ2) is 4.49. The Labute approximate surface area is 85.3 Å². The van der Waals surface area contributed by atoms with Crippen molar-refractivity contribution in [3.8, 4) is 6.07 Å². The summed E-state index contributed by atoms with van der Waals surface area (Å²) >= 11 is 5.63. The van der Waals surface area contributed by atoms with Gasteiger partial charge in [-0.25, -0.2) is 4.79 Å². The summed E-state index contributed by atoms with van der Waals surface area (Å²) in [6.45, 7) is -0.481. The van der Waals surface area contributed by atoms with Gasteiger partial charge >= 0.3 is 5.91 Å². The molecule has 0 aliphatic rings. The predicted octanol–water partition coefficient (Wildman–Crippen LogP) is 1.78. The monoisotopic (exact) mass is 209 g/mol. The lowest BCUT2D eigenvalue weighted by Crippen LogP contribution is -2.18. The lowest BCUT2D eigenvalue weighted by atomic mass is 10.2. The van der Waals surface area contributed by atoms with Crippen LogP contribution in [-0.2, 0) is 0 Å². The molecule has 0 atom stereocenters. The van der Waals surface area contributed by atoms with Crippen molar-refractivity contribution in [1.29, 1.82) is 5.26 Å². The van der Waals surface area contributed by atoms with Crippen molar-refractivity contribution in [1.82, 2.24) is 0 Å². The molecule has 0 aliphatic carbocycles. The molecule has 4 nitrogen and oxygen atoms in total. The zero-order valence-electron chi connectivity index (χ0n) is 7.11. The van der Waals surface area contributed by atoms with Gasteiger partial charge < -0.3 is 0 Å². The maximum Gasteiger partial charge on any atom is 0.466 e. The number of carbonyl (C=O) groups is 1. The van der Waals surface area contributed by atoms with Crippen LogP contribution in [0, 0.1) is 16.2 Å². The molecule has 0 unspecified atom stereocenters. The van der Waals surface area contributed by atoms with Gasteiger partial charge in [-0.05, 0) is 18.2 Å². The first-order valence-electron chi connectivity index (χ1n) is 3.76. The first kappa shape index (κ1) is 10.4. The molecule has 1 aromatic rings. The van der Waals surface area contributed by atoms with E-state index in [0.29, 0.717) is 5.02 Å². The quantitative estimate of drug-likeness (QED) is 0.551. The van der Waals surface area contributed by atoms with E-state index in [1.165, 1.54) is 12.1 Å². The summed E-state index contributed by atoms with van der Waals surface area (Å²) in [6.07, 6.45) is 0. The molecule has 70 valence electrons. The van der Waals surface area contributed by atoms with Crippen LogP contribution in [-0.4, -0.2) is 17.2 Å². The van der Waals surface area contributed by atoms with Crippen molar-refractivity contribution in [2.75, 3.05) is 6.54 Å². The molecule has 0 saturated carbocycles. The number of hydrogen-bond donors (Lipinski definition) is 0. The van der Waals surface area contributed by atoms with E-state index in [-0.39, 0.29) is 10.3 Å².